The molecule has 96 valence electrons. The Balaban J connectivity index is 5.82. The van der Waals surface area contributed by atoms with Crippen LogP contribution in [0.25, 0.3) is 0 Å². The maximum absolute atomic E-state index is 5.72. The molecule has 0 heterocycles. The summed E-state index contributed by atoms with van der Waals surface area (Å²) in [7, 11) is -1.04. The van der Waals surface area contributed by atoms with Gasteiger partial charge in [-0.2, -0.15) is 0 Å². The van der Waals surface area contributed by atoms with Crippen molar-refractivity contribution in [2.45, 2.75) is 62.8 Å². The molecular formula is C11H30OSi4. The zero-order valence-corrected chi connectivity index (χ0v) is 16.9. The van der Waals surface area contributed by atoms with Gasteiger partial charge in [-0.05, 0) is 3.91 Å². The van der Waals surface area contributed by atoms with Gasteiger partial charge in [0.2, 0.25) is 9.76 Å². The lowest BCUT2D eigenvalue weighted by Gasteiger charge is -2.57. The van der Waals surface area contributed by atoms with E-state index in [0.29, 0.717) is 13.7 Å². The van der Waals surface area contributed by atoms with Crippen molar-refractivity contribution < 1.29 is 4.43 Å². The van der Waals surface area contributed by atoms with Crippen LogP contribution in [0.4, 0.5) is 0 Å². The Morgan fingerprint density at radius 1 is 0.688 bits per heavy atom. The van der Waals surface area contributed by atoms with Crippen LogP contribution in [0.3, 0.4) is 0 Å². The minimum Gasteiger partial charge on any atom is -0.421 e. The first-order chi connectivity index (χ1) is 6.81. The molecule has 0 atom stereocenters. The minimum atomic E-state index is -1.22. The molecule has 0 aliphatic carbocycles. The molecule has 16 heavy (non-hydrogen) atoms. The molecular weight excluding hydrogens is 260 g/mol. The first kappa shape index (κ1) is 16.8. The largest absolute Gasteiger partial charge is 0.421 e. The van der Waals surface area contributed by atoms with Crippen molar-refractivity contribution in [2.75, 3.05) is 7.11 Å². The van der Waals surface area contributed by atoms with Crippen LogP contribution < -0.4 is 0 Å². The third-order valence-electron chi connectivity index (χ3n) is 3.63. The third kappa shape index (κ3) is 2.80. The minimum absolute atomic E-state index is 0.585. The summed E-state index contributed by atoms with van der Waals surface area (Å²) in [6.07, 6.45) is 0. The van der Waals surface area contributed by atoms with E-state index in [1.165, 1.54) is 0 Å². The molecule has 0 aromatic heterocycles. The lowest BCUT2D eigenvalue weighted by atomic mass is 11.6. The summed E-state index contributed by atoms with van der Waals surface area (Å²) in [5.41, 5.74) is 0. The van der Waals surface area contributed by atoms with Gasteiger partial charge in [-0.3, -0.25) is 0 Å². The molecule has 0 aliphatic heterocycles. The number of hydrogen-bond acceptors (Lipinski definition) is 1. The molecule has 1 nitrogen and oxygen atoms in total. The average molecular weight is 291 g/mol. The second-order valence-corrected chi connectivity index (χ2v) is 27.9. The molecule has 0 fully saturated rings. The molecule has 0 rings (SSSR count). The van der Waals surface area contributed by atoms with Gasteiger partial charge in [0.05, 0.1) is 0 Å². The fraction of sp³-hybridized carbons (Fsp3) is 1.00. The predicted molar refractivity (Wildman–Crippen MR) is 85.5 cm³/mol. The van der Waals surface area contributed by atoms with Gasteiger partial charge < -0.3 is 4.43 Å². The van der Waals surface area contributed by atoms with Crippen LogP contribution in [0.1, 0.15) is 0 Å². The van der Waals surface area contributed by atoms with E-state index in [1.807, 2.05) is 7.11 Å². The summed E-state index contributed by atoms with van der Waals surface area (Å²) < 4.78 is 6.30. The molecule has 0 N–H and O–H groups in total. The highest BCUT2D eigenvalue weighted by Crippen LogP contribution is 2.52. The van der Waals surface area contributed by atoms with E-state index in [1.54, 1.807) is 0 Å². The summed E-state index contributed by atoms with van der Waals surface area (Å²) >= 11 is 0. The predicted octanol–water partition coefficient (Wildman–Crippen LogP) is 4.04. The first-order valence-corrected chi connectivity index (χ1v) is 17.5. The third-order valence-corrected chi connectivity index (χ3v) is 32.1. The van der Waals surface area contributed by atoms with Crippen molar-refractivity contribution >= 4 is 34.0 Å². The van der Waals surface area contributed by atoms with Gasteiger partial charge in [0.25, 0.3) is 0 Å². The number of rotatable bonds is 5. The van der Waals surface area contributed by atoms with Crippen molar-refractivity contribution in [1.82, 2.24) is 0 Å². The van der Waals surface area contributed by atoms with Gasteiger partial charge >= 0.3 is 0 Å². The van der Waals surface area contributed by atoms with E-state index in [0.717, 1.165) is 0 Å². The van der Waals surface area contributed by atoms with Gasteiger partial charge in [-0.15, -0.1) is 0 Å². The molecule has 0 amide bonds. The lowest BCUT2D eigenvalue weighted by Crippen LogP contribution is -2.68. The van der Waals surface area contributed by atoms with Crippen LogP contribution in [-0.4, -0.2) is 41.1 Å². The quantitative estimate of drug-likeness (QED) is 0.694. The highest BCUT2D eigenvalue weighted by Gasteiger charge is 2.60. The molecule has 0 saturated carbocycles. The van der Waals surface area contributed by atoms with E-state index in [2.05, 4.69) is 58.9 Å². The molecule has 0 aromatic rings. The molecule has 2 radical (unpaired) electrons. The molecule has 0 aliphatic rings. The summed E-state index contributed by atoms with van der Waals surface area (Å²) in [6, 6.07) is 0. The zero-order chi connectivity index (χ0) is 13.4. The Labute approximate surface area is 108 Å². The fourth-order valence-electron chi connectivity index (χ4n) is 3.99. The van der Waals surface area contributed by atoms with E-state index in [4.69, 9.17) is 4.43 Å². The monoisotopic (exact) mass is 290 g/mol. The fourth-order valence-corrected chi connectivity index (χ4v) is 35.9. The van der Waals surface area contributed by atoms with Crippen molar-refractivity contribution in [2.24, 2.45) is 0 Å². The summed E-state index contributed by atoms with van der Waals surface area (Å²) in [5, 5.41) is 0. The number of hydrogen-bond donors (Lipinski definition) is 0. The smallest absolute Gasteiger partial charge is 0.227 e. The average Bonchev–Trinajstić information content (AvgIpc) is 1.91. The Morgan fingerprint density at radius 2 is 0.938 bits per heavy atom. The van der Waals surface area contributed by atoms with Crippen LogP contribution >= 0.6 is 0 Å². The van der Waals surface area contributed by atoms with Gasteiger partial charge in [0.15, 0.2) is 0 Å². The lowest BCUT2D eigenvalue weighted by molar-refractivity contribution is 0.438. The molecule has 5 heteroatoms. The van der Waals surface area contributed by atoms with Crippen molar-refractivity contribution in [1.29, 1.82) is 0 Å². The summed E-state index contributed by atoms with van der Waals surface area (Å²) in [4.78, 5) is 0. The molecule has 0 aromatic carbocycles. The van der Waals surface area contributed by atoms with Crippen molar-refractivity contribution in [3.63, 3.8) is 0 Å². The first-order valence-electron chi connectivity index (χ1n) is 6.11. The Kier molecular flexibility index (Phi) is 5.08. The SMILES string of the molecule is CO[Si]C([Si](C)(C)C)([Si](C)(C)C)[Si](C)(C)C. The van der Waals surface area contributed by atoms with Crippen LogP contribution in [-0.2, 0) is 4.43 Å². The molecule has 0 saturated heterocycles. The van der Waals surface area contributed by atoms with Crippen molar-refractivity contribution in [3.05, 3.63) is 0 Å². The van der Waals surface area contributed by atoms with Crippen LogP contribution in [0.5, 0.6) is 0 Å². The molecule has 0 bridgehead atoms. The maximum Gasteiger partial charge on any atom is 0.227 e. The van der Waals surface area contributed by atoms with E-state index in [-0.39, 0.29) is 0 Å². The maximum atomic E-state index is 5.72. The van der Waals surface area contributed by atoms with E-state index in [9.17, 15) is 0 Å². The molecule has 0 unspecified atom stereocenters. The zero-order valence-electron chi connectivity index (χ0n) is 12.9. The second-order valence-electron chi connectivity index (χ2n) is 7.81. The Bertz CT molecular complexity index is 196. The van der Waals surface area contributed by atoms with Crippen LogP contribution in [0.15, 0.2) is 0 Å². The topological polar surface area (TPSA) is 9.23 Å². The van der Waals surface area contributed by atoms with Crippen molar-refractivity contribution in [3.8, 4) is 0 Å². The van der Waals surface area contributed by atoms with Gasteiger partial charge in [0.1, 0.15) is 0 Å². The molecule has 0 spiro atoms. The van der Waals surface area contributed by atoms with Gasteiger partial charge in [-0.1, -0.05) is 58.9 Å². The Hall–Kier alpha value is 0.828. The highest BCUT2D eigenvalue weighted by atomic mass is 28.5. The Morgan fingerprint density at radius 3 is 1.00 bits per heavy atom. The van der Waals surface area contributed by atoms with E-state index >= 15 is 0 Å². The summed E-state index contributed by atoms with van der Waals surface area (Å²) in [6.45, 7) is 23.0. The van der Waals surface area contributed by atoms with Gasteiger partial charge in [0, 0.05) is 31.3 Å². The second kappa shape index (κ2) is 4.83. The highest BCUT2D eigenvalue weighted by molar-refractivity contribution is 7.22. The van der Waals surface area contributed by atoms with Gasteiger partial charge in [-0.25, -0.2) is 0 Å². The summed E-state index contributed by atoms with van der Waals surface area (Å²) in [5.74, 6) is 0. The normalized spacial score (nSPS) is 15.4. The van der Waals surface area contributed by atoms with Crippen LogP contribution in [0.2, 0.25) is 62.8 Å². The van der Waals surface area contributed by atoms with Crippen LogP contribution in [0, 0.1) is 0 Å². The van der Waals surface area contributed by atoms with E-state index < -0.39 is 24.2 Å². The standard InChI is InChI=1S/C11H30OSi4/c1-12-13-11(14(2,3)4,15(5,6)7)16(8,9)10/h1-10H3.